The van der Waals surface area contributed by atoms with Crippen LogP contribution in [0.1, 0.15) is 22.2 Å². The van der Waals surface area contributed by atoms with Crippen molar-refractivity contribution in [3.05, 3.63) is 89.8 Å². The Balaban J connectivity index is 1.77. The Kier molecular flexibility index (Phi) is 4.97. The maximum Gasteiger partial charge on any atom is 0.573 e. The molecule has 3 aromatic rings. The van der Waals surface area contributed by atoms with E-state index in [1.54, 1.807) is 12.1 Å². The predicted molar refractivity (Wildman–Crippen MR) is 100 cm³/mol. The average Bonchev–Trinajstić information content (AvgIpc) is 3.36. The summed E-state index contributed by atoms with van der Waals surface area (Å²) in [6, 6.07) is 9.44. The fourth-order valence-electron chi connectivity index (χ4n) is 3.31. The number of aromatic nitrogens is 1. The highest BCUT2D eigenvalue weighted by molar-refractivity contribution is 6.20. The largest absolute Gasteiger partial charge is 0.573 e. The van der Waals surface area contributed by atoms with Crippen LogP contribution in [0.15, 0.2) is 82.9 Å². The van der Waals surface area contributed by atoms with Crippen molar-refractivity contribution < 1.29 is 37.0 Å². The van der Waals surface area contributed by atoms with E-state index in [0.29, 0.717) is 5.56 Å². The number of carbonyl (C=O) groups is 2. The van der Waals surface area contributed by atoms with Crippen LogP contribution < -0.4 is 9.64 Å². The quantitative estimate of drug-likeness (QED) is 0.605. The maximum atomic E-state index is 13.0. The number of anilines is 1. The second kappa shape index (κ2) is 7.63. The van der Waals surface area contributed by atoms with Gasteiger partial charge in [0.25, 0.3) is 5.91 Å². The van der Waals surface area contributed by atoms with Crippen molar-refractivity contribution in [2.75, 3.05) is 4.90 Å². The molecule has 0 saturated carbocycles. The van der Waals surface area contributed by atoms with E-state index >= 15 is 0 Å². The highest BCUT2D eigenvalue weighted by atomic mass is 19.4. The average molecular weight is 430 g/mol. The number of aliphatic hydroxyl groups is 1. The van der Waals surface area contributed by atoms with E-state index in [1.165, 1.54) is 42.9 Å². The van der Waals surface area contributed by atoms with Crippen LogP contribution in [0.3, 0.4) is 0 Å². The first-order valence-corrected chi connectivity index (χ1v) is 8.87. The summed E-state index contributed by atoms with van der Waals surface area (Å²) in [4.78, 5) is 30.9. The SMILES string of the molecule is O=C(C1=C(O)C(=O)N(c2ccc(OC(F)(F)F)cc2)C1c1ccncc1)c1ccco1. The number of aliphatic hydroxyl groups excluding tert-OH is 1. The Morgan fingerprint density at radius 2 is 1.77 bits per heavy atom. The number of Topliss-reactive ketones (excluding diaryl/α,β-unsaturated/α-hetero) is 1. The highest BCUT2D eigenvalue weighted by Crippen LogP contribution is 2.42. The molecule has 0 bridgehead atoms. The van der Waals surface area contributed by atoms with Gasteiger partial charge in [0.05, 0.1) is 17.9 Å². The van der Waals surface area contributed by atoms with Crippen molar-refractivity contribution >= 4 is 17.4 Å². The Hall–Kier alpha value is -4.08. The number of ketones is 1. The first-order chi connectivity index (χ1) is 14.8. The fraction of sp³-hybridized carbons (Fsp3) is 0.0952. The van der Waals surface area contributed by atoms with E-state index in [0.717, 1.165) is 17.0 Å². The van der Waals surface area contributed by atoms with E-state index in [1.807, 2.05) is 0 Å². The van der Waals surface area contributed by atoms with Gasteiger partial charge in [-0.3, -0.25) is 19.5 Å². The number of pyridine rings is 1. The van der Waals surface area contributed by atoms with Gasteiger partial charge in [0.15, 0.2) is 11.5 Å². The topological polar surface area (TPSA) is 92.9 Å². The number of amides is 1. The lowest BCUT2D eigenvalue weighted by Crippen LogP contribution is -2.31. The number of rotatable bonds is 5. The molecule has 0 radical (unpaired) electrons. The predicted octanol–water partition coefficient (Wildman–Crippen LogP) is 4.36. The first kappa shape index (κ1) is 20.2. The van der Waals surface area contributed by atoms with E-state index < -0.39 is 35.6 Å². The zero-order valence-electron chi connectivity index (χ0n) is 15.5. The number of carbonyl (C=O) groups excluding carboxylic acids is 2. The molecule has 1 aliphatic heterocycles. The van der Waals surface area contributed by atoms with Gasteiger partial charge in [0, 0.05) is 18.1 Å². The molecule has 158 valence electrons. The third-order valence-corrected chi connectivity index (χ3v) is 4.57. The molecule has 0 fully saturated rings. The van der Waals surface area contributed by atoms with Gasteiger partial charge in [-0.15, -0.1) is 13.2 Å². The van der Waals surface area contributed by atoms with Gasteiger partial charge in [-0.05, 0) is 54.1 Å². The van der Waals surface area contributed by atoms with Crippen LogP contribution in [-0.2, 0) is 4.79 Å². The van der Waals surface area contributed by atoms with Crippen LogP contribution in [0.2, 0.25) is 0 Å². The smallest absolute Gasteiger partial charge is 0.503 e. The van der Waals surface area contributed by atoms with Crippen LogP contribution in [0.25, 0.3) is 0 Å². The van der Waals surface area contributed by atoms with Gasteiger partial charge in [0.2, 0.25) is 5.78 Å². The molecule has 1 aliphatic rings. The molecule has 1 atom stereocenters. The molecule has 31 heavy (non-hydrogen) atoms. The van der Waals surface area contributed by atoms with Gasteiger partial charge in [-0.25, -0.2) is 0 Å². The Morgan fingerprint density at radius 1 is 1.10 bits per heavy atom. The molecule has 0 saturated heterocycles. The molecule has 7 nitrogen and oxygen atoms in total. The molecule has 0 aliphatic carbocycles. The van der Waals surface area contributed by atoms with E-state index in [2.05, 4.69) is 9.72 Å². The van der Waals surface area contributed by atoms with Crippen molar-refractivity contribution in [1.82, 2.24) is 4.98 Å². The Labute approximate surface area is 173 Å². The van der Waals surface area contributed by atoms with Gasteiger partial charge >= 0.3 is 6.36 Å². The summed E-state index contributed by atoms with van der Waals surface area (Å²) in [5.41, 5.74) is 0.384. The summed E-state index contributed by atoms with van der Waals surface area (Å²) in [7, 11) is 0. The molecule has 2 aromatic heterocycles. The lowest BCUT2D eigenvalue weighted by Gasteiger charge is -2.26. The van der Waals surface area contributed by atoms with Crippen LogP contribution in [0, 0.1) is 0 Å². The number of ether oxygens (including phenoxy) is 1. The van der Waals surface area contributed by atoms with E-state index in [4.69, 9.17) is 4.42 Å². The first-order valence-electron chi connectivity index (χ1n) is 8.87. The monoisotopic (exact) mass is 430 g/mol. The molecule has 1 N–H and O–H groups in total. The molecule has 1 unspecified atom stereocenters. The van der Waals surface area contributed by atoms with E-state index in [-0.39, 0.29) is 17.0 Å². The standard InChI is InChI=1S/C21H13F3N2O5/c22-21(23,24)31-14-5-3-13(4-6-14)26-17(12-7-9-25-10-8-12)16(19(28)20(26)29)18(27)15-2-1-11-30-15/h1-11,17,28H. The normalized spacial score (nSPS) is 16.7. The minimum absolute atomic E-state index is 0.0795. The molecule has 1 aromatic carbocycles. The van der Waals surface area contributed by atoms with Crippen LogP contribution >= 0.6 is 0 Å². The lowest BCUT2D eigenvalue weighted by atomic mass is 9.95. The molecule has 4 rings (SSSR count). The number of hydrogen-bond donors (Lipinski definition) is 1. The fourth-order valence-corrected chi connectivity index (χ4v) is 3.31. The van der Waals surface area contributed by atoms with Crippen molar-refractivity contribution in [1.29, 1.82) is 0 Å². The van der Waals surface area contributed by atoms with Gasteiger partial charge in [0.1, 0.15) is 5.75 Å². The Morgan fingerprint density at radius 3 is 2.35 bits per heavy atom. The summed E-state index contributed by atoms with van der Waals surface area (Å²) < 4.78 is 46.3. The van der Waals surface area contributed by atoms with Gasteiger partial charge in [-0.2, -0.15) is 0 Å². The number of nitrogens with zero attached hydrogens (tertiary/aromatic N) is 2. The van der Waals surface area contributed by atoms with Crippen molar-refractivity contribution in [3.8, 4) is 5.75 Å². The number of furan rings is 1. The highest BCUT2D eigenvalue weighted by Gasteiger charge is 2.45. The second-order valence-corrected chi connectivity index (χ2v) is 6.47. The zero-order chi connectivity index (χ0) is 22.2. The molecule has 10 heteroatoms. The number of alkyl halides is 3. The summed E-state index contributed by atoms with van der Waals surface area (Å²) in [6.07, 6.45) is -0.696. The Bertz CT molecular complexity index is 1140. The minimum atomic E-state index is -4.87. The van der Waals surface area contributed by atoms with Gasteiger partial charge < -0.3 is 14.3 Å². The van der Waals surface area contributed by atoms with E-state index in [9.17, 15) is 27.9 Å². The van der Waals surface area contributed by atoms with Gasteiger partial charge in [-0.1, -0.05) is 0 Å². The summed E-state index contributed by atoms with van der Waals surface area (Å²) in [5.74, 6) is -2.92. The third kappa shape index (κ3) is 3.87. The van der Waals surface area contributed by atoms with Crippen molar-refractivity contribution in [2.45, 2.75) is 12.4 Å². The van der Waals surface area contributed by atoms with Crippen LogP contribution in [0.5, 0.6) is 5.75 Å². The molecule has 1 amide bonds. The lowest BCUT2D eigenvalue weighted by molar-refractivity contribution is -0.274. The second-order valence-electron chi connectivity index (χ2n) is 6.47. The number of benzene rings is 1. The number of halogens is 3. The van der Waals surface area contributed by atoms with Crippen molar-refractivity contribution in [2.24, 2.45) is 0 Å². The minimum Gasteiger partial charge on any atom is -0.503 e. The zero-order valence-corrected chi connectivity index (χ0v) is 15.5. The molecule has 0 spiro atoms. The summed E-state index contributed by atoms with van der Waals surface area (Å²) in [6.45, 7) is 0. The van der Waals surface area contributed by atoms with Crippen molar-refractivity contribution in [3.63, 3.8) is 0 Å². The molecular weight excluding hydrogens is 417 g/mol. The third-order valence-electron chi connectivity index (χ3n) is 4.57. The molecule has 3 heterocycles. The van der Waals surface area contributed by atoms with Crippen LogP contribution in [-0.4, -0.2) is 28.1 Å². The van der Waals surface area contributed by atoms with Crippen LogP contribution in [0.4, 0.5) is 18.9 Å². The maximum absolute atomic E-state index is 13.0. The summed E-state index contributed by atoms with van der Waals surface area (Å²) in [5, 5.41) is 10.5. The summed E-state index contributed by atoms with van der Waals surface area (Å²) >= 11 is 0. The number of hydrogen-bond acceptors (Lipinski definition) is 6. The molecular formula is C21H13F3N2O5.